The fourth-order valence-electron chi connectivity index (χ4n) is 4.31. The highest BCUT2D eigenvalue weighted by atomic mass is 16.5. The van der Waals surface area contributed by atoms with Gasteiger partial charge < -0.3 is 9.15 Å². The normalized spacial score (nSPS) is 20.3. The maximum Gasteiger partial charge on any atom is 0.197 e. The van der Waals surface area contributed by atoms with Gasteiger partial charge in [0.25, 0.3) is 0 Å². The van der Waals surface area contributed by atoms with Crippen molar-refractivity contribution in [3.8, 4) is 0 Å². The summed E-state index contributed by atoms with van der Waals surface area (Å²) in [4.78, 5) is 6.94. The highest BCUT2D eigenvalue weighted by Crippen LogP contribution is 2.40. The first kappa shape index (κ1) is 18.6. The Morgan fingerprint density at radius 2 is 1.93 bits per heavy atom. The van der Waals surface area contributed by atoms with Crippen LogP contribution in [-0.2, 0) is 17.8 Å². The molecule has 0 amide bonds. The molecule has 2 aliphatic rings. The molecule has 2 aromatic heterocycles. The van der Waals surface area contributed by atoms with Gasteiger partial charge >= 0.3 is 0 Å². The average Bonchev–Trinajstić information content (AvgIpc) is 3.42. The second-order valence-electron chi connectivity index (χ2n) is 8.23. The van der Waals surface area contributed by atoms with E-state index in [0.29, 0.717) is 12.5 Å². The lowest BCUT2D eigenvalue weighted by Gasteiger charge is -2.35. The van der Waals surface area contributed by atoms with Gasteiger partial charge in [-0.05, 0) is 32.3 Å². The summed E-state index contributed by atoms with van der Waals surface area (Å²) < 4.78 is 14.0. The molecule has 1 aliphatic heterocycles. The monoisotopic (exact) mass is 392 g/mol. The minimum Gasteiger partial charge on any atom is -0.444 e. The van der Waals surface area contributed by atoms with Crippen molar-refractivity contribution in [3.05, 3.63) is 70.7 Å². The molecule has 3 heterocycles. The van der Waals surface area contributed by atoms with Crippen molar-refractivity contribution in [3.63, 3.8) is 0 Å². The number of hydrogen-bond donors (Lipinski definition) is 0. The fraction of sp³-hybridized carbons (Fsp3) is 0.478. The highest BCUT2D eigenvalue weighted by Gasteiger charge is 2.32. The first-order chi connectivity index (χ1) is 14.2. The molecule has 29 heavy (non-hydrogen) atoms. The van der Waals surface area contributed by atoms with Crippen LogP contribution in [0.5, 0.6) is 0 Å². The Balaban J connectivity index is 1.38. The van der Waals surface area contributed by atoms with Crippen molar-refractivity contribution in [2.75, 3.05) is 19.8 Å². The third-order valence-electron chi connectivity index (χ3n) is 6.04. The Bertz CT molecular complexity index is 974. The zero-order valence-corrected chi connectivity index (χ0v) is 17.2. The molecule has 0 radical (unpaired) electrons. The molecular weight excluding hydrogens is 364 g/mol. The maximum absolute atomic E-state index is 6.02. The number of aryl methyl sites for hydroxylation is 1. The molecule has 1 aromatic carbocycles. The molecule has 3 aromatic rings. The number of benzene rings is 1. The van der Waals surface area contributed by atoms with E-state index < -0.39 is 0 Å². The van der Waals surface area contributed by atoms with Crippen LogP contribution in [0, 0.1) is 13.8 Å². The van der Waals surface area contributed by atoms with E-state index in [1.54, 1.807) is 0 Å². The van der Waals surface area contributed by atoms with E-state index in [4.69, 9.17) is 14.3 Å². The van der Waals surface area contributed by atoms with Gasteiger partial charge in [0.15, 0.2) is 5.89 Å². The molecule has 152 valence electrons. The number of ether oxygens (including phenoxy) is 1. The Labute approximate surface area is 171 Å². The Morgan fingerprint density at radius 1 is 1.10 bits per heavy atom. The summed E-state index contributed by atoms with van der Waals surface area (Å²) in [6.07, 6.45) is 4.32. The average molecular weight is 393 g/mol. The summed E-state index contributed by atoms with van der Waals surface area (Å²) in [5.74, 6) is 2.41. The van der Waals surface area contributed by atoms with Crippen molar-refractivity contribution in [2.24, 2.45) is 0 Å². The molecule has 1 unspecified atom stereocenters. The predicted molar refractivity (Wildman–Crippen MR) is 110 cm³/mol. The van der Waals surface area contributed by atoms with Crippen LogP contribution in [0.15, 0.2) is 40.9 Å². The smallest absolute Gasteiger partial charge is 0.197 e. The van der Waals surface area contributed by atoms with Crippen LogP contribution in [0.25, 0.3) is 0 Å². The molecule has 1 saturated heterocycles. The molecule has 0 spiro atoms. The number of morpholine rings is 1. The molecule has 6 heteroatoms. The van der Waals surface area contributed by atoms with Gasteiger partial charge in [-0.15, -0.1) is 0 Å². The Hall–Kier alpha value is -2.44. The SMILES string of the molecule is Cc1nn(Cc2ccccc2)c(C)c1C1COCCN1Cc1cnc(C2CC2)o1. The Morgan fingerprint density at radius 3 is 2.72 bits per heavy atom. The number of aromatic nitrogens is 3. The van der Waals surface area contributed by atoms with E-state index in [9.17, 15) is 0 Å². The summed E-state index contributed by atoms with van der Waals surface area (Å²) >= 11 is 0. The standard InChI is InChI=1S/C23H28N4O2/c1-16-22(17(2)27(25-16)13-18-6-4-3-5-7-18)21-15-28-11-10-26(21)14-20-12-24-23(29-20)19-8-9-19/h3-7,12,19,21H,8-11,13-15H2,1-2H3. The molecule has 1 saturated carbocycles. The first-order valence-electron chi connectivity index (χ1n) is 10.5. The zero-order chi connectivity index (χ0) is 19.8. The number of nitrogens with zero attached hydrogens (tertiary/aromatic N) is 4. The minimum absolute atomic E-state index is 0.183. The molecule has 1 atom stereocenters. The number of rotatable bonds is 6. The Kier molecular flexibility index (Phi) is 4.97. The summed E-state index contributed by atoms with van der Waals surface area (Å²) in [5, 5.41) is 4.86. The lowest BCUT2D eigenvalue weighted by Crippen LogP contribution is -2.39. The maximum atomic E-state index is 6.02. The molecular formula is C23H28N4O2. The van der Waals surface area contributed by atoms with Crippen LogP contribution >= 0.6 is 0 Å². The van der Waals surface area contributed by atoms with E-state index in [1.807, 2.05) is 12.3 Å². The topological polar surface area (TPSA) is 56.3 Å². The van der Waals surface area contributed by atoms with E-state index in [-0.39, 0.29) is 6.04 Å². The summed E-state index contributed by atoms with van der Waals surface area (Å²) in [6, 6.07) is 10.7. The van der Waals surface area contributed by atoms with Crippen LogP contribution in [-0.4, -0.2) is 39.4 Å². The highest BCUT2D eigenvalue weighted by molar-refractivity contribution is 5.30. The first-order valence-corrected chi connectivity index (χ1v) is 10.5. The summed E-state index contributed by atoms with van der Waals surface area (Å²) in [5.41, 5.74) is 4.83. The zero-order valence-electron chi connectivity index (χ0n) is 17.2. The van der Waals surface area contributed by atoms with Crippen LogP contribution in [0.2, 0.25) is 0 Å². The molecule has 5 rings (SSSR count). The third kappa shape index (κ3) is 3.87. The molecule has 0 bridgehead atoms. The number of oxazole rings is 1. The van der Waals surface area contributed by atoms with Crippen LogP contribution in [0.1, 0.15) is 59.0 Å². The third-order valence-corrected chi connectivity index (χ3v) is 6.04. The quantitative estimate of drug-likeness (QED) is 0.635. The van der Waals surface area contributed by atoms with Crippen LogP contribution in [0.3, 0.4) is 0 Å². The largest absolute Gasteiger partial charge is 0.444 e. The lowest BCUT2D eigenvalue weighted by molar-refractivity contribution is -0.0160. The van der Waals surface area contributed by atoms with Gasteiger partial charge in [0, 0.05) is 23.7 Å². The van der Waals surface area contributed by atoms with Gasteiger partial charge in [-0.1, -0.05) is 30.3 Å². The number of hydrogen-bond acceptors (Lipinski definition) is 5. The van der Waals surface area contributed by atoms with Crippen LogP contribution < -0.4 is 0 Å². The van der Waals surface area contributed by atoms with Crippen molar-refractivity contribution in [1.82, 2.24) is 19.7 Å². The summed E-state index contributed by atoms with van der Waals surface area (Å²) in [6.45, 7) is 8.14. The van der Waals surface area contributed by atoms with Gasteiger partial charge in [0.1, 0.15) is 5.76 Å². The van der Waals surface area contributed by atoms with E-state index in [1.165, 1.54) is 29.7 Å². The lowest BCUT2D eigenvalue weighted by atomic mass is 10.0. The van der Waals surface area contributed by atoms with E-state index in [0.717, 1.165) is 43.6 Å². The summed E-state index contributed by atoms with van der Waals surface area (Å²) in [7, 11) is 0. The van der Waals surface area contributed by atoms with Gasteiger partial charge in [0.05, 0.1) is 44.2 Å². The minimum atomic E-state index is 0.183. The van der Waals surface area contributed by atoms with Gasteiger partial charge in [-0.3, -0.25) is 9.58 Å². The fourth-order valence-corrected chi connectivity index (χ4v) is 4.31. The molecule has 1 aliphatic carbocycles. The molecule has 2 fully saturated rings. The van der Waals surface area contributed by atoms with Gasteiger partial charge in [0.2, 0.25) is 0 Å². The van der Waals surface area contributed by atoms with Crippen molar-refractivity contribution in [2.45, 2.75) is 51.7 Å². The second-order valence-corrected chi connectivity index (χ2v) is 8.23. The molecule has 0 N–H and O–H groups in total. The van der Waals surface area contributed by atoms with E-state index >= 15 is 0 Å². The van der Waals surface area contributed by atoms with Gasteiger partial charge in [-0.2, -0.15) is 5.10 Å². The molecule has 6 nitrogen and oxygen atoms in total. The van der Waals surface area contributed by atoms with Crippen molar-refractivity contribution < 1.29 is 9.15 Å². The van der Waals surface area contributed by atoms with Crippen LogP contribution in [0.4, 0.5) is 0 Å². The van der Waals surface area contributed by atoms with Crippen molar-refractivity contribution >= 4 is 0 Å². The van der Waals surface area contributed by atoms with Gasteiger partial charge in [-0.25, -0.2) is 4.98 Å². The van der Waals surface area contributed by atoms with E-state index in [2.05, 4.69) is 52.7 Å². The van der Waals surface area contributed by atoms with Crippen molar-refractivity contribution in [1.29, 1.82) is 0 Å². The second kappa shape index (κ2) is 7.76. The predicted octanol–water partition coefficient (Wildman–Crippen LogP) is 3.99.